The van der Waals surface area contributed by atoms with Crippen molar-refractivity contribution in [1.29, 1.82) is 0 Å². The van der Waals surface area contributed by atoms with E-state index in [1.807, 2.05) is 25.1 Å². The summed E-state index contributed by atoms with van der Waals surface area (Å²) >= 11 is 6.07. The Labute approximate surface area is 111 Å². The maximum atomic E-state index is 11.9. The molecule has 0 spiro atoms. The van der Waals surface area contributed by atoms with Crippen LogP contribution in [0.5, 0.6) is 0 Å². The molecule has 96 valence electrons. The molecule has 5 heteroatoms. The molecule has 0 radical (unpaired) electrons. The minimum Gasteiger partial charge on any atom is -0.494 e. The van der Waals surface area contributed by atoms with Crippen molar-refractivity contribution in [2.24, 2.45) is 0 Å². The Hall–Kier alpha value is -1.68. The minimum absolute atomic E-state index is 0.195. The number of amides is 1. The Kier molecular flexibility index (Phi) is 4.10. The molecule has 1 aliphatic heterocycles. The molecule has 0 unspecified atom stereocenters. The van der Waals surface area contributed by atoms with Crippen LogP contribution < -0.4 is 5.32 Å². The van der Waals surface area contributed by atoms with Crippen LogP contribution in [0.4, 0.5) is 0 Å². The molecular formula is C13H14ClNO3. The summed E-state index contributed by atoms with van der Waals surface area (Å²) in [4.78, 5) is 11.9. The van der Waals surface area contributed by atoms with Crippen LogP contribution in [0.1, 0.15) is 18.5 Å². The maximum Gasteiger partial charge on any atom is 0.290 e. The number of hydrogen-bond acceptors (Lipinski definition) is 3. The zero-order valence-corrected chi connectivity index (χ0v) is 10.7. The summed E-state index contributed by atoms with van der Waals surface area (Å²) in [6.45, 7) is 2.72. The van der Waals surface area contributed by atoms with Gasteiger partial charge in [0.2, 0.25) is 5.76 Å². The van der Waals surface area contributed by atoms with Gasteiger partial charge in [-0.05, 0) is 18.6 Å². The van der Waals surface area contributed by atoms with E-state index in [2.05, 4.69) is 5.32 Å². The average molecular weight is 268 g/mol. The lowest BCUT2D eigenvalue weighted by molar-refractivity contribution is -0.122. The lowest BCUT2D eigenvalue weighted by atomic mass is 10.1. The van der Waals surface area contributed by atoms with Crippen LogP contribution in [0.15, 0.2) is 36.3 Å². The number of rotatable bonds is 3. The van der Waals surface area contributed by atoms with E-state index in [-0.39, 0.29) is 17.7 Å². The molecule has 0 aliphatic carbocycles. The van der Waals surface area contributed by atoms with E-state index in [9.17, 15) is 4.79 Å². The topological polar surface area (TPSA) is 47.6 Å². The second-order valence-electron chi connectivity index (χ2n) is 3.92. The van der Waals surface area contributed by atoms with Gasteiger partial charge in [-0.25, -0.2) is 0 Å². The van der Waals surface area contributed by atoms with Gasteiger partial charge in [0.25, 0.3) is 5.91 Å². The van der Waals surface area contributed by atoms with Gasteiger partial charge >= 0.3 is 0 Å². The van der Waals surface area contributed by atoms with Crippen LogP contribution >= 0.6 is 11.6 Å². The van der Waals surface area contributed by atoms with Crippen LogP contribution in [0, 0.1) is 0 Å². The van der Waals surface area contributed by atoms with E-state index in [0.29, 0.717) is 18.2 Å². The summed E-state index contributed by atoms with van der Waals surface area (Å²) in [6, 6.07) is 7.20. The van der Waals surface area contributed by atoms with Crippen LogP contribution in [-0.2, 0) is 14.3 Å². The molecule has 0 fully saturated rings. The molecule has 0 aromatic heterocycles. The highest BCUT2D eigenvalue weighted by Crippen LogP contribution is 2.22. The molecule has 1 atom stereocenters. The number of carbonyl (C=O) groups is 1. The lowest BCUT2D eigenvalue weighted by Gasteiger charge is -2.19. The standard InChI is InChI=1S/C13H14ClNO3/c1-9(10-4-2-3-5-11(10)14)15-13(16)12-8-17-6-7-18-12/h2-5,8-9H,6-7H2,1H3,(H,15,16)/t9-/m0/s1. The maximum absolute atomic E-state index is 11.9. The summed E-state index contributed by atoms with van der Waals surface area (Å²) in [6.07, 6.45) is 1.33. The molecule has 0 saturated carbocycles. The summed E-state index contributed by atoms with van der Waals surface area (Å²) in [5, 5.41) is 3.44. The largest absolute Gasteiger partial charge is 0.494 e. The van der Waals surface area contributed by atoms with Gasteiger partial charge in [-0.1, -0.05) is 29.8 Å². The van der Waals surface area contributed by atoms with Gasteiger partial charge in [0.15, 0.2) is 0 Å². The zero-order chi connectivity index (χ0) is 13.0. The highest BCUT2D eigenvalue weighted by Gasteiger charge is 2.18. The molecular weight excluding hydrogens is 254 g/mol. The first kappa shape index (κ1) is 12.8. The van der Waals surface area contributed by atoms with Crippen LogP contribution in [0.3, 0.4) is 0 Å². The van der Waals surface area contributed by atoms with Gasteiger partial charge < -0.3 is 14.8 Å². The molecule has 1 aromatic carbocycles. The third-order valence-electron chi connectivity index (χ3n) is 2.59. The molecule has 18 heavy (non-hydrogen) atoms. The third kappa shape index (κ3) is 2.96. The van der Waals surface area contributed by atoms with E-state index >= 15 is 0 Å². The molecule has 4 nitrogen and oxygen atoms in total. The van der Waals surface area contributed by atoms with Crippen molar-refractivity contribution in [3.05, 3.63) is 46.9 Å². The highest BCUT2D eigenvalue weighted by atomic mass is 35.5. The zero-order valence-electron chi connectivity index (χ0n) is 9.98. The first-order valence-corrected chi connectivity index (χ1v) is 6.06. The highest BCUT2D eigenvalue weighted by molar-refractivity contribution is 6.31. The van der Waals surface area contributed by atoms with Gasteiger partial charge in [0, 0.05) is 5.02 Å². The molecule has 1 aliphatic rings. The van der Waals surface area contributed by atoms with Gasteiger partial charge in [-0.2, -0.15) is 0 Å². The van der Waals surface area contributed by atoms with Crippen LogP contribution in [-0.4, -0.2) is 19.1 Å². The second-order valence-corrected chi connectivity index (χ2v) is 4.33. The second kappa shape index (κ2) is 5.78. The molecule has 0 saturated heterocycles. The number of carbonyl (C=O) groups excluding carboxylic acids is 1. The van der Waals surface area contributed by atoms with Crippen molar-refractivity contribution in [3.63, 3.8) is 0 Å². The first-order chi connectivity index (χ1) is 8.68. The smallest absolute Gasteiger partial charge is 0.290 e. The Morgan fingerprint density at radius 2 is 2.17 bits per heavy atom. The van der Waals surface area contributed by atoms with Crippen molar-refractivity contribution in [1.82, 2.24) is 5.32 Å². The fourth-order valence-electron chi connectivity index (χ4n) is 1.66. The van der Waals surface area contributed by atoms with Crippen molar-refractivity contribution >= 4 is 17.5 Å². The summed E-state index contributed by atoms with van der Waals surface area (Å²) < 4.78 is 10.2. The Balaban J connectivity index is 2.03. The van der Waals surface area contributed by atoms with Crippen LogP contribution in [0.2, 0.25) is 5.02 Å². The monoisotopic (exact) mass is 267 g/mol. The molecule has 1 heterocycles. The van der Waals surface area contributed by atoms with Crippen molar-refractivity contribution in [2.75, 3.05) is 13.2 Å². The Bertz CT molecular complexity index is 473. The number of nitrogens with one attached hydrogen (secondary N) is 1. The number of hydrogen-bond donors (Lipinski definition) is 1. The van der Waals surface area contributed by atoms with E-state index in [4.69, 9.17) is 21.1 Å². The van der Waals surface area contributed by atoms with Crippen molar-refractivity contribution in [3.8, 4) is 0 Å². The first-order valence-electron chi connectivity index (χ1n) is 5.68. The van der Waals surface area contributed by atoms with Gasteiger partial charge in [-0.3, -0.25) is 4.79 Å². The quantitative estimate of drug-likeness (QED) is 0.915. The van der Waals surface area contributed by atoms with Gasteiger partial charge in [0.1, 0.15) is 19.5 Å². The average Bonchev–Trinajstić information content (AvgIpc) is 2.40. The predicted octanol–water partition coefficient (Wildman–Crippen LogP) is 2.41. The van der Waals surface area contributed by atoms with Gasteiger partial charge in [0.05, 0.1) is 6.04 Å². The Morgan fingerprint density at radius 3 is 2.83 bits per heavy atom. The third-order valence-corrected chi connectivity index (χ3v) is 2.94. The SMILES string of the molecule is C[C@H](NC(=O)C1=COCCO1)c1ccccc1Cl. The normalized spacial score (nSPS) is 16.0. The minimum atomic E-state index is -0.304. The molecule has 1 amide bonds. The summed E-state index contributed by atoms with van der Waals surface area (Å²) in [5.74, 6) is -0.109. The lowest BCUT2D eigenvalue weighted by Crippen LogP contribution is -2.30. The van der Waals surface area contributed by atoms with Crippen LogP contribution in [0.25, 0.3) is 0 Å². The van der Waals surface area contributed by atoms with Crippen molar-refractivity contribution in [2.45, 2.75) is 13.0 Å². The number of halogens is 1. The van der Waals surface area contributed by atoms with Gasteiger partial charge in [-0.15, -0.1) is 0 Å². The molecule has 2 rings (SSSR count). The van der Waals surface area contributed by atoms with E-state index in [1.54, 1.807) is 6.07 Å². The molecule has 0 bridgehead atoms. The summed E-state index contributed by atoms with van der Waals surface area (Å²) in [7, 11) is 0. The fraction of sp³-hybridized carbons (Fsp3) is 0.308. The van der Waals surface area contributed by atoms with E-state index in [1.165, 1.54) is 6.26 Å². The number of ether oxygens (including phenoxy) is 2. The van der Waals surface area contributed by atoms with E-state index in [0.717, 1.165) is 5.56 Å². The van der Waals surface area contributed by atoms with E-state index < -0.39 is 0 Å². The predicted molar refractivity (Wildman–Crippen MR) is 68.0 cm³/mol. The summed E-state index contributed by atoms with van der Waals surface area (Å²) in [5.41, 5.74) is 0.866. The Morgan fingerprint density at radius 1 is 1.39 bits per heavy atom. The number of benzene rings is 1. The van der Waals surface area contributed by atoms with Crippen molar-refractivity contribution < 1.29 is 14.3 Å². The fourth-order valence-corrected chi connectivity index (χ4v) is 1.96. The molecule has 1 N–H and O–H groups in total. The molecule has 1 aromatic rings.